The summed E-state index contributed by atoms with van der Waals surface area (Å²) in [5, 5.41) is 0. The summed E-state index contributed by atoms with van der Waals surface area (Å²) in [7, 11) is 0. The average molecular weight is 130 g/mol. The minimum atomic E-state index is 0.867. The molecule has 0 N–H and O–H groups in total. The third-order valence-corrected chi connectivity index (χ3v) is 1.35. The molecule has 0 unspecified atom stereocenters. The van der Waals surface area contributed by atoms with Crippen LogP contribution in [0.2, 0.25) is 0 Å². The summed E-state index contributed by atoms with van der Waals surface area (Å²) in [6.45, 7) is 6.09. The molecule has 0 atom stereocenters. The maximum absolute atomic E-state index is 5.18. The summed E-state index contributed by atoms with van der Waals surface area (Å²) in [4.78, 5) is 0. The molecular formula is C8H18O. The van der Waals surface area contributed by atoms with Gasteiger partial charge in [-0.15, -0.1) is 0 Å². The Hall–Kier alpha value is -0.0400. The summed E-state index contributed by atoms with van der Waals surface area (Å²) in [6, 6.07) is 0. The number of ether oxygens (including phenoxy) is 1. The van der Waals surface area contributed by atoms with Crippen molar-refractivity contribution in [2.24, 2.45) is 0 Å². The fourth-order valence-electron chi connectivity index (χ4n) is 0.775. The molecule has 0 saturated carbocycles. The Morgan fingerprint density at radius 2 is 1.78 bits per heavy atom. The van der Waals surface area contributed by atoms with Crippen LogP contribution in [0, 0.1) is 0 Å². The summed E-state index contributed by atoms with van der Waals surface area (Å²) in [5.41, 5.74) is 0. The first kappa shape index (κ1) is 8.96. The monoisotopic (exact) mass is 130 g/mol. The molecule has 0 aromatic carbocycles. The van der Waals surface area contributed by atoms with E-state index in [1.165, 1.54) is 25.7 Å². The predicted octanol–water partition coefficient (Wildman–Crippen LogP) is 2.60. The van der Waals surface area contributed by atoms with Gasteiger partial charge in [-0.2, -0.15) is 0 Å². The van der Waals surface area contributed by atoms with Gasteiger partial charge in [-0.1, -0.05) is 26.2 Å². The van der Waals surface area contributed by atoms with Gasteiger partial charge in [0.2, 0.25) is 0 Å². The summed E-state index contributed by atoms with van der Waals surface area (Å²) in [5.74, 6) is 0. The van der Waals surface area contributed by atoms with Crippen LogP contribution in [0.5, 0.6) is 0 Å². The molecule has 0 aliphatic heterocycles. The zero-order valence-corrected chi connectivity index (χ0v) is 6.65. The highest BCUT2D eigenvalue weighted by molar-refractivity contribution is 4.37. The van der Waals surface area contributed by atoms with E-state index in [2.05, 4.69) is 6.92 Å². The van der Waals surface area contributed by atoms with Crippen molar-refractivity contribution in [2.75, 3.05) is 13.2 Å². The molecule has 9 heavy (non-hydrogen) atoms. The van der Waals surface area contributed by atoms with Crippen molar-refractivity contribution in [3.63, 3.8) is 0 Å². The molecule has 0 fully saturated rings. The van der Waals surface area contributed by atoms with E-state index in [0.29, 0.717) is 0 Å². The molecule has 0 spiro atoms. The molecule has 0 aliphatic rings. The van der Waals surface area contributed by atoms with E-state index in [0.717, 1.165) is 13.2 Å². The summed E-state index contributed by atoms with van der Waals surface area (Å²) < 4.78 is 5.18. The lowest BCUT2D eigenvalue weighted by molar-refractivity contribution is 0.143. The lowest BCUT2D eigenvalue weighted by atomic mass is 10.2. The minimum absolute atomic E-state index is 0.867. The largest absolute Gasteiger partial charge is 0.382 e. The zero-order chi connectivity index (χ0) is 6.95. The topological polar surface area (TPSA) is 9.23 Å². The van der Waals surface area contributed by atoms with E-state index in [9.17, 15) is 0 Å². The van der Waals surface area contributed by atoms with Crippen molar-refractivity contribution in [2.45, 2.75) is 39.5 Å². The number of rotatable bonds is 6. The van der Waals surface area contributed by atoms with Crippen LogP contribution in [0.15, 0.2) is 0 Å². The number of hydrogen-bond donors (Lipinski definition) is 0. The van der Waals surface area contributed by atoms with Crippen LogP contribution in [0.4, 0.5) is 0 Å². The maximum Gasteiger partial charge on any atom is 0.0465 e. The van der Waals surface area contributed by atoms with E-state index in [-0.39, 0.29) is 0 Å². The van der Waals surface area contributed by atoms with Gasteiger partial charge in [0.25, 0.3) is 0 Å². The van der Waals surface area contributed by atoms with E-state index in [4.69, 9.17) is 4.74 Å². The highest BCUT2D eigenvalue weighted by Gasteiger charge is 1.85. The van der Waals surface area contributed by atoms with Crippen LogP contribution in [-0.4, -0.2) is 13.2 Å². The molecule has 56 valence electrons. The molecule has 1 heteroatoms. The fraction of sp³-hybridized carbons (Fsp3) is 1.00. The molecule has 1 nitrogen and oxygen atoms in total. The second-order valence-electron chi connectivity index (χ2n) is 2.26. The van der Waals surface area contributed by atoms with Gasteiger partial charge in [0.1, 0.15) is 0 Å². The van der Waals surface area contributed by atoms with Gasteiger partial charge < -0.3 is 4.74 Å². The first-order chi connectivity index (χ1) is 4.41. The standard InChI is InChI=1S/C8H18O/c1-3-5-6-7-8-9-4-2/h3-8H2,1-2H3. The van der Waals surface area contributed by atoms with Gasteiger partial charge in [0.05, 0.1) is 0 Å². The fourth-order valence-corrected chi connectivity index (χ4v) is 0.775. The Bertz CT molecular complexity index is 37.8. The maximum atomic E-state index is 5.18. The van der Waals surface area contributed by atoms with Crippen LogP contribution >= 0.6 is 0 Å². The number of unbranched alkanes of at least 4 members (excludes halogenated alkanes) is 3. The zero-order valence-electron chi connectivity index (χ0n) is 6.65. The second-order valence-corrected chi connectivity index (χ2v) is 2.26. The predicted molar refractivity (Wildman–Crippen MR) is 40.6 cm³/mol. The molecule has 0 rings (SSSR count). The first-order valence-corrected chi connectivity index (χ1v) is 3.99. The molecule has 0 heterocycles. The lowest BCUT2D eigenvalue weighted by Gasteiger charge is -1.98. The van der Waals surface area contributed by atoms with Crippen molar-refractivity contribution < 1.29 is 4.74 Å². The molecule has 0 aromatic heterocycles. The minimum Gasteiger partial charge on any atom is -0.382 e. The van der Waals surface area contributed by atoms with E-state index in [1.807, 2.05) is 6.92 Å². The Labute approximate surface area is 58.4 Å². The SMILES string of the molecule is CCCCCCOCC. The third kappa shape index (κ3) is 7.96. The van der Waals surface area contributed by atoms with Crippen LogP contribution < -0.4 is 0 Å². The third-order valence-electron chi connectivity index (χ3n) is 1.35. The summed E-state index contributed by atoms with van der Waals surface area (Å²) >= 11 is 0. The van der Waals surface area contributed by atoms with Crippen LogP contribution in [0.1, 0.15) is 39.5 Å². The smallest absolute Gasteiger partial charge is 0.0465 e. The molecule has 0 saturated heterocycles. The van der Waals surface area contributed by atoms with Crippen LogP contribution in [0.3, 0.4) is 0 Å². The molecule has 0 aromatic rings. The normalized spacial score (nSPS) is 10.0. The van der Waals surface area contributed by atoms with Gasteiger partial charge in [0, 0.05) is 13.2 Å². The Morgan fingerprint density at radius 1 is 1.00 bits per heavy atom. The van der Waals surface area contributed by atoms with Gasteiger partial charge in [-0.05, 0) is 13.3 Å². The van der Waals surface area contributed by atoms with E-state index < -0.39 is 0 Å². The molecule has 0 bridgehead atoms. The molecule has 0 aliphatic carbocycles. The Balaban J connectivity index is 2.60. The Kier molecular flexibility index (Phi) is 7.92. The summed E-state index contributed by atoms with van der Waals surface area (Å²) in [6.07, 6.45) is 5.23. The van der Waals surface area contributed by atoms with Crippen molar-refractivity contribution in [1.29, 1.82) is 0 Å². The second kappa shape index (κ2) is 7.96. The van der Waals surface area contributed by atoms with Crippen molar-refractivity contribution >= 4 is 0 Å². The number of hydrogen-bond acceptors (Lipinski definition) is 1. The molecular weight excluding hydrogens is 112 g/mol. The van der Waals surface area contributed by atoms with Gasteiger partial charge in [-0.25, -0.2) is 0 Å². The quantitative estimate of drug-likeness (QED) is 0.502. The Morgan fingerprint density at radius 3 is 2.33 bits per heavy atom. The lowest BCUT2D eigenvalue weighted by Crippen LogP contribution is -1.92. The van der Waals surface area contributed by atoms with Crippen LogP contribution in [0.25, 0.3) is 0 Å². The highest BCUT2D eigenvalue weighted by Crippen LogP contribution is 1.98. The highest BCUT2D eigenvalue weighted by atomic mass is 16.5. The van der Waals surface area contributed by atoms with Crippen molar-refractivity contribution in [3.8, 4) is 0 Å². The molecule has 0 amide bonds. The van der Waals surface area contributed by atoms with Gasteiger partial charge >= 0.3 is 0 Å². The van der Waals surface area contributed by atoms with Crippen molar-refractivity contribution in [3.05, 3.63) is 0 Å². The van der Waals surface area contributed by atoms with Crippen molar-refractivity contribution in [1.82, 2.24) is 0 Å². The van der Waals surface area contributed by atoms with Gasteiger partial charge in [-0.3, -0.25) is 0 Å². The van der Waals surface area contributed by atoms with Gasteiger partial charge in [0.15, 0.2) is 0 Å². The van der Waals surface area contributed by atoms with E-state index in [1.54, 1.807) is 0 Å². The first-order valence-electron chi connectivity index (χ1n) is 3.99. The van der Waals surface area contributed by atoms with E-state index >= 15 is 0 Å². The van der Waals surface area contributed by atoms with Crippen LogP contribution in [-0.2, 0) is 4.74 Å². The average Bonchev–Trinajstić information content (AvgIpc) is 1.89. The molecule has 0 radical (unpaired) electrons.